The molecule has 0 saturated carbocycles. The Labute approximate surface area is 128 Å². The lowest BCUT2D eigenvalue weighted by molar-refractivity contribution is 0.518. The second-order valence-corrected chi connectivity index (χ2v) is 5.22. The summed E-state index contributed by atoms with van der Waals surface area (Å²) in [6, 6.07) is 14.3. The van der Waals surface area contributed by atoms with Crippen molar-refractivity contribution < 1.29 is 4.42 Å². The molecule has 0 unspecified atom stereocenters. The van der Waals surface area contributed by atoms with E-state index in [4.69, 9.17) is 4.42 Å². The number of para-hydroxylation sites is 1. The molecule has 0 bridgehead atoms. The molecule has 5 heteroatoms. The molecule has 0 fully saturated rings. The fraction of sp³-hybridized carbons (Fsp3) is 0.176. The quantitative estimate of drug-likeness (QED) is 0.799. The average molecular weight is 292 g/mol. The molecule has 5 nitrogen and oxygen atoms in total. The molecule has 1 N–H and O–H groups in total. The first-order valence-electron chi connectivity index (χ1n) is 7.34. The third-order valence-electron chi connectivity index (χ3n) is 3.84. The molecule has 22 heavy (non-hydrogen) atoms. The van der Waals surface area contributed by atoms with Gasteiger partial charge in [-0.3, -0.25) is 0 Å². The Kier molecular flexibility index (Phi) is 3.23. The minimum absolute atomic E-state index is 0.611. The monoisotopic (exact) mass is 292 g/mol. The normalized spacial score (nSPS) is 13.2. The number of anilines is 3. The summed E-state index contributed by atoms with van der Waals surface area (Å²) in [6.45, 7) is 1.56. The van der Waals surface area contributed by atoms with E-state index in [1.165, 1.54) is 11.3 Å². The third-order valence-corrected chi connectivity index (χ3v) is 3.84. The highest BCUT2D eigenvalue weighted by molar-refractivity contribution is 5.68. The van der Waals surface area contributed by atoms with E-state index in [-0.39, 0.29) is 0 Å². The van der Waals surface area contributed by atoms with Crippen molar-refractivity contribution in [1.29, 1.82) is 0 Å². The minimum atomic E-state index is 0.611. The maximum atomic E-state index is 5.32. The van der Waals surface area contributed by atoms with Crippen molar-refractivity contribution in [2.75, 3.05) is 16.8 Å². The Morgan fingerprint density at radius 3 is 3.00 bits per heavy atom. The van der Waals surface area contributed by atoms with Gasteiger partial charge in [0.25, 0.3) is 0 Å². The average Bonchev–Trinajstić information content (AvgIpc) is 3.23. The number of benzene rings is 1. The molecule has 110 valence electrons. The number of hydrogen-bond donors (Lipinski definition) is 1. The van der Waals surface area contributed by atoms with E-state index in [1.54, 1.807) is 12.6 Å². The second kappa shape index (κ2) is 5.52. The number of nitrogens with one attached hydrogen (secondary N) is 1. The maximum absolute atomic E-state index is 5.32. The van der Waals surface area contributed by atoms with Gasteiger partial charge in [-0.15, -0.1) is 0 Å². The Hall–Kier alpha value is -2.82. The SMILES string of the molecule is c1coc(CNc2cc(N3CCc4ccccc43)ncn2)c1. The standard InChI is InChI=1S/C17H16N4O/c1-2-6-15-13(4-1)7-8-21(15)17-10-16(19-12-20-17)18-11-14-5-3-9-22-14/h1-6,9-10,12H,7-8,11H2,(H,18,19,20). The molecule has 0 spiro atoms. The van der Waals surface area contributed by atoms with Gasteiger partial charge in [0, 0.05) is 18.3 Å². The van der Waals surface area contributed by atoms with Gasteiger partial charge in [0.15, 0.2) is 0 Å². The van der Waals surface area contributed by atoms with Crippen LogP contribution in [-0.4, -0.2) is 16.5 Å². The lowest BCUT2D eigenvalue weighted by Crippen LogP contribution is -2.15. The minimum Gasteiger partial charge on any atom is -0.467 e. The number of furan rings is 1. The van der Waals surface area contributed by atoms with E-state index < -0.39 is 0 Å². The molecule has 0 aliphatic carbocycles. The molecule has 3 heterocycles. The van der Waals surface area contributed by atoms with Crippen LogP contribution in [0.1, 0.15) is 11.3 Å². The van der Waals surface area contributed by atoms with E-state index in [0.717, 1.165) is 30.4 Å². The lowest BCUT2D eigenvalue weighted by atomic mass is 10.2. The highest BCUT2D eigenvalue weighted by Gasteiger charge is 2.20. The van der Waals surface area contributed by atoms with Crippen molar-refractivity contribution in [2.24, 2.45) is 0 Å². The molecule has 2 aromatic heterocycles. The van der Waals surface area contributed by atoms with Crippen molar-refractivity contribution in [2.45, 2.75) is 13.0 Å². The highest BCUT2D eigenvalue weighted by Crippen LogP contribution is 2.33. The van der Waals surface area contributed by atoms with Gasteiger partial charge < -0.3 is 14.6 Å². The Morgan fingerprint density at radius 1 is 1.14 bits per heavy atom. The van der Waals surface area contributed by atoms with E-state index in [9.17, 15) is 0 Å². The Balaban J connectivity index is 1.55. The summed E-state index contributed by atoms with van der Waals surface area (Å²) in [5.74, 6) is 2.60. The van der Waals surface area contributed by atoms with Crippen molar-refractivity contribution >= 4 is 17.3 Å². The van der Waals surface area contributed by atoms with Gasteiger partial charge in [0.2, 0.25) is 0 Å². The number of hydrogen-bond acceptors (Lipinski definition) is 5. The largest absolute Gasteiger partial charge is 0.467 e. The summed E-state index contributed by atoms with van der Waals surface area (Å²) in [4.78, 5) is 10.9. The van der Waals surface area contributed by atoms with Crippen LogP contribution in [0.2, 0.25) is 0 Å². The number of nitrogens with zero attached hydrogens (tertiary/aromatic N) is 3. The van der Waals surface area contributed by atoms with Crippen molar-refractivity contribution in [3.05, 3.63) is 66.4 Å². The van der Waals surface area contributed by atoms with Crippen molar-refractivity contribution in [3.8, 4) is 0 Å². The topological polar surface area (TPSA) is 54.2 Å². The molecule has 0 radical (unpaired) electrons. The van der Waals surface area contributed by atoms with Crippen LogP contribution in [0.5, 0.6) is 0 Å². The summed E-state index contributed by atoms with van der Waals surface area (Å²) in [5.41, 5.74) is 2.60. The molecular weight excluding hydrogens is 276 g/mol. The molecular formula is C17H16N4O. The third kappa shape index (κ3) is 2.41. The summed E-state index contributed by atoms with van der Waals surface area (Å²) in [5, 5.41) is 3.26. The van der Waals surface area contributed by atoms with Gasteiger partial charge >= 0.3 is 0 Å². The van der Waals surface area contributed by atoms with Crippen LogP contribution in [0.15, 0.2) is 59.5 Å². The van der Waals surface area contributed by atoms with Gasteiger partial charge in [-0.05, 0) is 30.2 Å². The smallest absolute Gasteiger partial charge is 0.138 e. The van der Waals surface area contributed by atoms with Crippen LogP contribution in [0.25, 0.3) is 0 Å². The van der Waals surface area contributed by atoms with E-state index in [2.05, 4.69) is 44.5 Å². The number of fused-ring (bicyclic) bond motifs is 1. The predicted molar refractivity (Wildman–Crippen MR) is 85.2 cm³/mol. The molecule has 1 aliphatic heterocycles. The lowest BCUT2D eigenvalue weighted by Gasteiger charge is -2.18. The van der Waals surface area contributed by atoms with Crippen LogP contribution < -0.4 is 10.2 Å². The summed E-state index contributed by atoms with van der Waals surface area (Å²) in [7, 11) is 0. The zero-order valence-electron chi connectivity index (χ0n) is 12.1. The number of rotatable bonds is 4. The van der Waals surface area contributed by atoms with Gasteiger partial charge in [-0.1, -0.05) is 18.2 Å². The zero-order chi connectivity index (χ0) is 14.8. The van der Waals surface area contributed by atoms with Crippen LogP contribution in [0, 0.1) is 0 Å². The maximum Gasteiger partial charge on any atom is 0.138 e. The molecule has 0 amide bonds. The van der Waals surface area contributed by atoms with Gasteiger partial charge in [-0.2, -0.15) is 0 Å². The van der Waals surface area contributed by atoms with Crippen LogP contribution >= 0.6 is 0 Å². The highest BCUT2D eigenvalue weighted by atomic mass is 16.3. The molecule has 3 aromatic rings. The summed E-state index contributed by atoms with van der Waals surface area (Å²) >= 11 is 0. The van der Waals surface area contributed by atoms with Gasteiger partial charge in [0.05, 0.1) is 12.8 Å². The fourth-order valence-corrected chi connectivity index (χ4v) is 2.76. The van der Waals surface area contributed by atoms with Crippen LogP contribution in [0.4, 0.5) is 17.3 Å². The van der Waals surface area contributed by atoms with Crippen molar-refractivity contribution in [3.63, 3.8) is 0 Å². The number of aromatic nitrogens is 2. The fourth-order valence-electron chi connectivity index (χ4n) is 2.76. The molecule has 1 aromatic carbocycles. The molecule has 0 atom stereocenters. The van der Waals surface area contributed by atoms with E-state index in [0.29, 0.717) is 6.54 Å². The molecule has 1 aliphatic rings. The summed E-state index contributed by atoms with van der Waals surface area (Å²) < 4.78 is 5.32. The van der Waals surface area contributed by atoms with Crippen LogP contribution in [0.3, 0.4) is 0 Å². The van der Waals surface area contributed by atoms with E-state index >= 15 is 0 Å². The Bertz CT molecular complexity index is 770. The van der Waals surface area contributed by atoms with Crippen LogP contribution in [-0.2, 0) is 13.0 Å². The van der Waals surface area contributed by atoms with Gasteiger partial charge in [0.1, 0.15) is 23.7 Å². The first kappa shape index (κ1) is 12.9. The van der Waals surface area contributed by atoms with Crippen molar-refractivity contribution in [1.82, 2.24) is 9.97 Å². The molecule has 4 rings (SSSR count). The van der Waals surface area contributed by atoms with E-state index in [1.807, 2.05) is 18.2 Å². The Morgan fingerprint density at radius 2 is 2.09 bits per heavy atom. The van der Waals surface area contributed by atoms with Gasteiger partial charge in [-0.25, -0.2) is 9.97 Å². The molecule has 0 saturated heterocycles. The second-order valence-electron chi connectivity index (χ2n) is 5.22. The zero-order valence-corrected chi connectivity index (χ0v) is 12.1. The predicted octanol–water partition coefficient (Wildman–Crippen LogP) is 3.38. The first-order chi connectivity index (χ1) is 10.9. The summed E-state index contributed by atoms with van der Waals surface area (Å²) in [6.07, 6.45) is 4.32. The first-order valence-corrected chi connectivity index (χ1v) is 7.34.